The van der Waals surface area contributed by atoms with Crippen LogP contribution in [0.4, 0.5) is 0 Å². The highest BCUT2D eigenvalue weighted by molar-refractivity contribution is 5.94. The molecule has 3 heterocycles. The minimum Gasteiger partial charge on any atom is -0.475 e. The molecule has 1 amide bonds. The highest BCUT2D eigenvalue weighted by atomic mass is 16.5. The van der Waals surface area contributed by atoms with E-state index < -0.39 is 0 Å². The van der Waals surface area contributed by atoms with Gasteiger partial charge in [0.2, 0.25) is 5.88 Å². The van der Waals surface area contributed by atoms with Gasteiger partial charge in [0, 0.05) is 32.5 Å². The summed E-state index contributed by atoms with van der Waals surface area (Å²) in [5.41, 5.74) is 0.563. The van der Waals surface area contributed by atoms with Crippen LogP contribution in [0.5, 0.6) is 5.88 Å². The smallest absolute Gasteiger partial charge is 0.255 e. The molecule has 1 aliphatic rings. The third-order valence-electron chi connectivity index (χ3n) is 4.02. The fraction of sp³-hybridized carbons (Fsp3) is 0.500. The first-order chi connectivity index (χ1) is 11.8. The lowest BCUT2D eigenvalue weighted by atomic mass is 10.1. The number of likely N-dealkylation sites (tertiary alicyclic amines) is 1. The number of hydrogen-bond donors (Lipinski definition) is 0. The van der Waals surface area contributed by atoms with Crippen LogP contribution >= 0.6 is 0 Å². The lowest BCUT2D eigenvalue weighted by Gasteiger charge is -2.32. The molecule has 0 radical (unpaired) electrons. The molecule has 0 bridgehead atoms. The topological polar surface area (TPSA) is 82.4 Å². The van der Waals surface area contributed by atoms with Crippen molar-refractivity contribution in [2.75, 3.05) is 33.4 Å². The monoisotopic (exact) mass is 331 g/mol. The number of amides is 1. The van der Waals surface area contributed by atoms with Gasteiger partial charge in [0.1, 0.15) is 19.3 Å². The zero-order valence-corrected chi connectivity index (χ0v) is 13.7. The largest absolute Gasteiger partial charge is 0.475 e. The van der Waals surface area contributed by atoms with E-state index in [2.05, 4.69) is 15.1 Å². The van der Waals surface area contributed by atoms with E-state index in [4.69, 9.17) is 9.47 Å². The minimum atomic E-state index is -0.0178. The Morgan fingerprint density at radius 2 is 2.29 bits per heavy atom. The maximum Gasteiger partial charge on any atom is 0.255 e. The Morgan fingerprint density at radius 1 is 1.38 bits per heavy atom. The molecule has 1 aliphatic heterocycles. The average Bonchev–Trinajstić information content (AvgIpc) is 3.17. The van der Waals surface area contributed by atoms with Crippen molar-refractivity contribution in [2.24, 2.45) is 0 Å². The second kappa shape index (κ2) is 7.87. The van der Waals surface area contributed by atoms with Gasteiger partial charge in [-0.25, -0.2) is 14.6 Å². The first-order valence-electron chi connectivity index (χ1n) is 7.99. The molecule has 8 nitrogen and oxygen atoms in total. The van der Waals surface area contributed by atoms with Crippen molar-refractivity contribution in [3.05, 3.63) is 36.5 Å². The van der Waals surface area contributed by atoms with Crippen molar-refractivity contribution in [3.8, 4) is 5.88 Å². The number of methoxy groups -OCH3 is 1. The van der Waals surface area contributed by atoms with Crippen LogP contribution in [0.25, 0.3) is 0 Å². The quantitative estimate of drug-likeness (QED) is 0.739. The van der Waals surface area contributed by atoms with Gasteiger partial charge in [-0.3, -0.25) is 4.79 Å². The van der Waals surface area contributed by atoms with Crippen LogP contribution in [0.1, 0.15) is 29.2 Å². The normalized spacial score (nSPS) is 17.7. The van der Waals surface area contributed by atoms with E-state index in [9.17, 15) is 4.79 Å². The number of piperidine rings is 1. The van der Waals surface area contributed by atoms with Crippen molar-refractivity contribution in [2.45, 2.75) is 18.9 Å². The third kappa shape index (κ3) is 3.88. The SMILES string of the molecule is COCCOc1ccc(C(=O)N2CCC[C@H](n3cncn3)C2)cn1. The molecule has 0 saturated carbocycles. The van der Waals surface area contributed by atoms with Gasteiger partial charge in [-0.05, 0) is 18.9 Å². The fourth-order valence-corrected chi connectivity index (χ4v) is 2.77. The molecule has 0 spiro atoms. The number of nitrogens with zero attached hydrogens (tertiary/aromatic N) is 5. The summed E-state index contributed by atoms with van der Waals surface area (Å²) in [6.45, 7) is 2.31. The molecule has 2 aromatic rings. The van der Waals surface area contributed by atoms with Crippen LogP contribution in [0.2, 0.25) is 0 Å². The van der Waals surface area contributed by atoms with Crippen molar-refractivity contribution in [1.29, 1.82) is 0 Å². The Kier molecular flexibility index (Phi) is 5.37. The van der Waals surface area contributed by atoms with E-state index in [1.54, 1.807) is 31.8 Å². The number of carbonyl (C=O) groups excluding carboxylic acids is 1. The summed E-state index contributed by atoms with van der Waals surface area (Å²) in [4.78, 5) is 22.7. The van der Waals surface area contributed by atoms with Crippen molar-refractivity contribution >= 4 is 5.91 Å². The van der Waals surface area contributed by atoms with Crippen LogP contribution < -0.4 is 4.74 Å². The molecule has 0 unspecified atom stereocenters. The molecule has 1 atom stereocenters. The summed E-state index contributed by atoms with van der Waals surface area (Å²) in [7, 11) is 1.61. The zero-order chi connectivity index (χ0) is 16.8. The van der Waals surface area contributed by atoms with E-state index in [0.29, 0.717) is 31.2 Å². The van der Waals surface area contributed by atoms with E-state index in [0.717, 1.165) is 19.4 Å². The standard InChI is InChI=1S/C16H21N5O3/c1-23-7-8-24-15-5-4-13(9-18-15)16(22)20-6-2-3-14(10-20)21-12-17-11-19-21/h4-5,9,11-12,14H,2-3,6-8,10H2,1H3/t14-/m0/s1. The predicted octanol–water partition coefficient (Wildman–Crippen LogP) is 1.18. The number of pyridine rings is 1. The zero-order valence-electron chi connectivity index (χ0n) is 13.7. The Labute approximate surface area is 140 Å². The van der Waals surface area contributed by atoms with Gasteiger partial charge in [0.05, 0.1) is 18.2 Å². The Bertz CT molecular complexity index is 644. The first-order valence-corrected chi connectivity index (χ1v) is 7.99. The van der Waals surface area contributed by atoms with Crippen LogP contribution in [-0.4, -0.2) is 64.0 Å². The molecule has 8 heteroatoms. The Morgan fingerprint density at radius 3 is 3.00 bits per heavy atom. The van der Waals surface area contributed by atoms with E-state index >= 15 is 0 Å². The Hall–Kier alpha value is -2.48. The fourth-order valence-electron chi connectivity index (χ4n) is 2.77. The lowest BCUT2D eigenvalue weighted by molar-refractivity contribution is 0.0672. The van der Waals surface area contributed by atoms with Gasteiger partial charge in [0.25, 0.3) is 5.91 Å². The summed E-state index contributed by atoms with van der Waals surface area (Å²) in [6.07, 6.45) is 6.72. The van der Waals surface area contributed by atoms with Crippen molar-refractivity contribution in [3.63, 3.8) is 0 Å². The molecule has 0 N–H and O–H groups in total. The summed E-state index contributed by atoms with van der Waals surface area (Å²) in [6, 6.07) is 3.63. The Balaban J connectivity index is 1.61. The highest BCUT2D eigenvalue weighted by Gasteiger charge is 2.26. The second-order valence-electron chi connectivity index (χ2n) is 5.65. The predicted molar refractivity (Wildman–Crippen MR) is 85.8 cm³/mol. The number of ether oxygens (including phenoxy) is 2. The van der Waals surface area contributed by atoms with Crippen LogP contribution in [-0.2, 0) is 4.74 Å². The number of hydrogen-bond acceptors (Lipinski definition) is 6. The van der Waals surface area contributed by atoms with E-state index in [-0.39, 0.29) is 11.9 Å². The summed E-state index contributed by atoms with van der Waals surface area (Å²) in [5.74, 6) is 0.471. The molecule has 128 valence electrons. The first kappa shape index (κ1) is 16.4. The molecule has 2 aromatic heterocycles. The minimum absolute atomic E-state index is 0.0178. The molecular weight excluding hydrogens is 310 g/mol. The molecule has 3 rings (SSSR count). The van der Waals surface area contributed by atoms with E-state index in [1.807, 2.05) is 9.58 Å². The molecule has 0 aromatic carbocycles. The maximum atomic E-state index is 12.7. The van der Waals surface area contributed by atoms with Gasteiger partial charge in [-0.2, -0.15) is 5.10 Å². The van der Waals surface area contributed by atoms with Crippen LogP contribution in [0.3, 0.4) is 0 Å². The van der Waals surface area contributed by atoms with E-state index in [1.165, 1.54) is 6.33 Å². The highest BCUT2D eigenvalue weighted by Crippen LogP contribution is 2.22. The van der Waals surface area contributed by atoms with Gasteiger partial charge in [-0.1, -0.05) is 0 Å². The molecule has 24 heavy (non-hydrogen) atoms. The van der Waals surface area contributed by atoms with Crippen LogP contribution in [0.15, 0.2) is 31.0 Å². The molecule has 0 aliphatic carbocycles. The van der Waals surface area contributed by atoms with Gasteiger partial charge < -0.3 is 14.4 Å². The maximum absolute atomic E-state index is 12.7. The number of rotatable bonds is 6. The average molecular weight is 331 g/mol. The summed E-state index contributed by atoms with van der Waals surface area (Å²) < 4.78 is 12.2. The lowest BCUT2D eigenvalue weighted by Crippen LogP contribution is -2.40. The van der Waals surface area contributed by atoms with Gasteiger partial charge in [-0.15, -0.1) is 0 Å². The molecular formula is C16H21N5O3. The van der Waals surface area contributed by atoms with Crippen molar-refractivity contribution < 1.29 is 14.3 Å². The van der Waals surface area contributed by atoms with Gasteiger partial charge >= 0.3 is 0 Å². The summed E-state index contributed by atoms with van der Waals surface area (Å²) in [5, 5.41) is 4.18. The van der Waals surface area contributed by atoms with Gasteiger partial charge in [0.15, 0.2) is 0 Å². The third-order valence-corrected chi connectivity index (χ3v) is 4.02. The van der Waals surface area contributed by atoms with Crippen LogP contribution in [0, 0.1) is 0 Å². The second-order valence-corrected chi connectivity index (χ2v) is 5.65. The number of aromatic nitrogens is 4. The number of carbonyl (C=O) groups is 1. The van der Waals surface area contributed by atoms with Crippen molar-refractivity contribution in [1.82, 2.24) is 24.6 Å². The molecule has 1 fully saturated rings. The molecule has 1 saturated heterocycles. The summed E-state index contributed by atoms with van der Waals surface area (Å²) >= 11 is 0.